The Hall–Kier alpha value is -1.95. The van der Waals surface area contributed by atoms with Gasteiger partial charge in [0.05, 0.1) is 23.8 Å². The Morgan fingerprint density at radius 3 is 2.12 bits per heavy atom. The molecule has 3 aliphatic rings. The molecule has 4 N–H and O–H groups in total. The van der Waals surface area contributed by atoms with E-state index in [9.17, 15) is 31.9 Å². The minimum atomic E-state index is -3.37. The maximum atomic E-state index is 12.7. The molecule has 1 aliphatic heterocycles. The van der Waals surface area contributed by atoms with E-state index in [1.54, 1.807) is 0 Å². The molecule has 2 aliphatic carbocycles. The summed E-state index contributed by atoms with van der Waals surface area (Å²) in [7, 11) is 0. The molecular formula is C13H15F4NO7. The lowest BCUT2D eigenvalue weighted by Crippen LogP contribution is -2.38. The van der Waals surface area contributed by atoms with Crippen LogP contribution in [0.4, 0.5) is 17.6 Å². The normalized spacial score (nSPS) is 37.0. The van der Waals surface area contributed by atoms with Crippen LogP contribution in [0.1, 0.15) is 6.92 Å². The summed E-state index contributed by atoms with van der Waals surface area (Å²) in [6.07, 6.45) is 0. The van der Waals surface area contributed by atoms with E-state index in [2.05, 4.69) is 10.2 Å². The van der Waals surface area contributed by atoms with Gasteiger partial charge in [-0.05, 0) is 0 Å². The topological polar surface area (TPSA) is 133 Å². The highest BCUT2D eigenvalue weighted by Crippen LogP contribution is 2.60. The molecule has 0 bridgehead atoms. The van der Waals surface area contributed by atoms with Gasteiger partial charge >= 0.3 is 11.9 Å². The zero-order valence-corrected chi connectivity index (χ0v) is 12.7. The van der Waals surface area contributed by atoms with E-state index in [-0.39, 0.29) is 6.61 Å². The van der Waals surface area contributed by atoms with Crippen LogP contribution in [0.2, 0.25) is 0 Å². The minimum absolute atomic E-state index is 0.275. The van der Waals surface area contributed by atoms with Crippen molar-refractivity contribution in [3.63, 3.8) is 0 Å². The van der Waals surface area contributed by atoms with Crippen molar-refractivity contribution in [2.75, 3.05) is 6.61 Å². The van der Waals surface area contributed by atoms with Gasteiger partial charge in [0, 0.05) is 0 Å². The SMILES string of the molecule is C[C@H](C(=O)O)[C@H]1[C@@H](C(=O)O)C1(F)F.O=C1NC(COO)C2C1C2(F)F. The Morgan fingerprint density at radius 2 is 1.80 bits per heavy atom. The number of carbonyl (C=O) groups is 3. The van der Waals surface area contributed by atoms with E-state index in [0.29, 0.717) is 0 Å². The second-order valence-electron chi connectivity index (χ2n) is 6.23. The lowest BCUT2D eigenvalue weighted by atomic mass is 10.1. The zero-order valence-electron chi connectivity index (χ0n) is 12.7. The number of amides is 1. The first-order valence-electron chi connectivity index (χ1n) is 7.17. The van der Waals surface area contributed by atoms with Crippen LogP contribution in [0, 0.1) is 29.6 Å². The predicted octanol–water partition coefficient (Wildman–Crippen LogP) is 0.529. The quantitative estimate of drug-likeness (QED) is 0.314. The van der Waals surface area contributed by atoms with Crippen LogP contribution in [-0.2, 0) is 19.3 Å². The van der Waals surface area contributed by atoms with Gasteiger partial charge in [-0.25, -0.2) is 22.4 Å². The average molecular weight is 373 g/mol. The lowest BCUT2D eigenvalue weighted by Gasteiger charge is -2.12. The van der Waals surface area contributed by atoms with Crippen molar-refractivity contribution in [2.45, 2.75) is 24.8 Å². The summed E-state index contributed by atoms with van der Waals surface area (Å²) in [6, 6.07) is -0.748. The van der Waals surface area contributed by atoms with Crippen LogP contribution in [0.5, 0.6) is 0 Å². The minimum Gasteiger partial charge on any atom is -0.481 e. The highest BCUT2D eigenvalue weighted by molar-refractivity contribution is 5.87. The van der Waals surface area contributed by atoms with Gasteiger partial charge < -0.3 is 15.5 Å². The number of carboxylic acid groups (broad SMARTS) is 2. The molecule has 0 aromatic rings. The van der Waals surface area contributed by atoms with Crippen LogP contribution in [-0.4, -0.2) is 57.8 Å². The van der Waals surface area contributed by atoms with Gasteiger partial charge in [0.15, 0.2) is 0 Å². The molecular weight excluding hydrogens is 358 g/mol. The van der Waals surface area contributed by atoms with Gasteiger partial charge in [0.25, 0.3) is 11.8 Å². The molecule has 0 aromatic carbocycles. The highest BCUT2D eigenvalue weighted by atomic mass is 19.3. The van der Waals surface area contributed by atoms with Crippen molar-refractivity contribution in [1.82, 2.24) is 5.32 Å². The van der Waals surface area contributed by atoms with E-state index >= 15 is 0 Å². The number of alkyl halides is 4. The molecule has 3 fully saturated rings. The molecule has 0 radical (unpaired) electrons. The summed E-state index contributed by atoms with van der Waals surface area (Å²) < 4.78 is 50.7. The van der Waals surface area contributed by atoms with Gasteiger partial charge in [-0.1, -0.05) is 6.92 Å². The molecule has 1 amide bonds. The van der Waals surface area contributed by atoms with E-state index < -0.39 is 65.3 Å². The van der Waals surface area contributed by atoms with Gasteiger partial charge in [-0.2, -0.15) is 0 Å². The van der Waals surface area contributed by atoms with Crippen molar-refractivity contribution in [3.05, 3.63) is 0 Å². The van der Waals surface area contributed by atoms with Crippen LogP contribution in [0.25, 0.3) is 0 Å². The molecule has 6 atom stereocenters. The monoisotopic (exact) mass is 373 g/mol. The summed E-state index contributed by atoms with van der Waals surface area (Å²) >= 11 is 0. The molecule has 0 aromatic heterocycles. The van der Waals surface area contributed by atoms with Crippen molar-refractivity contribution < 1.29 is 52.3 Å². The first-order chi connectivity index (χ1) is 11.4. The molecule has 1 saturated heterocycles. The van der Waals surface area contributed by atoms with Crippen LogP contribution < -0.4 is 5.32 Å². The smallest absolute Gasteiger partial charge is 0.313 e. The summed E-state index contributed by atoms with van der Waals surface area (Å²) in [5.74, 6) is -16.9. The molecule has 2 saturated carbocycles. The fourth-order valence-corrected chi connectivity index (χ4v) is 3.22. The number of fused-ring (bicyclic) bond motifs is 1. The van der Waals surface area contributed by atoms with Crippen molar-refractivity contribution in [1.29, 1.82) is 0 Å². The Morgan fingerprint density at radius 1 is 1.24 bits per heavy atom. The van der Waals surface area contributed by atoms with Gasteiger partial charge in [0.1, 0.15) is 18.4 Å². The molecule has 12 heteroatoms. The van der Waals surface area contributed by atoms with Crippen LogP contribution in [0.3, 0.4) is 0 Å². The molecule has 8 nitrogen and oxygen atoms in total. The van der Waals surface area contributed by atoms with Crippen molar-refractivity contribution in [3.8, 4) is 0 Å². The van der Waals surface area contributed by atoms with Gasteiger partial charge in [-0.3, -0.25) is 19.6 Å². The molecule has 1 heterocycles. The Bertz CT molecular complexity index is 599. The number of carboxylic acids is 2. The predicted molar refractivity (Wildman–Crippen MR) is 68.8 cm³/mol. The first-order valence-corrected chi connectivity index (χ1v) is 7.17. The Kier molecular flexibility index (Phi) is 4.72. The Balaban J connectivity index is 0.000000181. The highest BCUT2D eigenvalue weighted by Gasteiger charge is 2.78. The fourth-order valence-electron chi connectivity index (χ4n) is 3.22. The average Bonchev–Trinajstić information content (AvgIpc) is 3.18. The summed E-state index contributed by atoms with van der Waals surface area (Å²) in [5, 5.41) is 27.0. The van der Waals surface area contributed by atoms with Crippen molar-refractivity contribution in [2.24, 2.45) is 29.6 Å². The number of piperidine rings is 1. The summed E-state index contributed by atoms with van der Waals surface area (Å²) in [5.41, 5.74) is 0. The van der Waals surface area contributed by atoms with Crippen LogP contribution in [0.15, 0.2) is 0 Å². The summed E-state index contributed by atoms with van der Waals surface area (Å²) in [6.45, 7) is 0.812. The van der Waals surface area contributed by atoms with Gasteiger partial charge in [-0.15, -0.1) is 0 Å². The van der Waals surface area contributed by atoms with E-state index in [1.165, 1.54) is 0 Å². The number of hydrogen-bond donors (Lipinski definition) is 4. The maximum Gasteiger partial charge on any atom is 0.313 e. The largest absolute Gasteiger partial charge is 0.481 e. The fraction of sp³-hybridized carbons (Fsp3) is 0.769. The molecule has 142 valence electrons. The molecule has 3 rings (SSSR count). The lowest BCUT2D eigenvalue weighted by molar-refractivity contribution is -0.247. The third-order valence-corrected chi connectivity index (χ3v) is 4.71. The third kappa shape index (κ3) is 3.15. The second kappa shape index (κ2) is 6.09. The first kappa shape index (κ1) is 19.4. The van der Waals surface area contributed by atoms with E-state index in [1.807, 2.05) is 0 Å². The molecule has 25 heavy (non-hydrogen) atoms. The number of rotatable bonds is 5. The van der Waals surface area contributed by atoms with Crippen molar-refractivity contribution >= 4 is 17.8 Å². The Labute approximate surface area is 137 Å². The second-order valence-corrected chi connectivity index (χ2v) is 6.23. The third-order valence-electron chi connectivity index (χ3n) is 4.71. The number of carbonyl (C=O) groups excluding carboxylic acids is 1. The molecule has 3 unspecified atom stereocenters. The number of halogens is 4. The maximum absolute atomic E-state index is 12.7. The van der Waals surface area contributed by atoms with E-state index in [4.69, 9.17) is 15.5 Å². The van der Waals surface area contributed by atoms with E-state index in [0.717, 1.165) is 6.92 Å². The number of nitrogens with one attached hydrogen (secondary N) is 1. The zero-order chi connectivity index (χ0) is 19.3. The number of hydrogen-bond acceptors (Lipinski definition) is 5. The van der Waals surface area contributed by atoms with Crippen LogP contribution >= 0.6 is 0 Å². The summed E-state index contributed by atoms with van der Waals surface area (Å²) in [4.78, 5) is 35.1. The molecule has 0 spiro atoms. The standard InChI is InChI=1S/C7H8F2O4.C6H7F2NO3/c1-2(5(10)11)3-4(6(12)13)7(3,8)9;7-6(8)3-2(1-12-11)9-5(10)4(3)6/h2-4H,1H3,(H,10,11)(H,12,13);2-4,11H,1H2,(H,9,10)/t2-,3-,4-;/m0./s1. The van der Waals surface area contributed by atoms with Gasteiger partial charge in [0.2, 0.25) is 5.91 Å². The number of aliphatic carboxylic acids is 2.